The molecule has 0 unspecified atom stereocenters. The zero-order valence-corrected chi connectivity index (χ0v) is 19.1. The van der Waals surface area contributed by atoms with Crippen molar-refractivity contribution in [3.05, 3.63) is 83.3 Å². The second-order valence-electron chi connectivity index (χ2n) is 8.26. The molecule has 0 spiro atoms. The number of nitrogens with zero attached hydrogens (tertiary/aromatic N) is 4. The summed E-state index contributed by atoms with van der Waals surface area (Å²) in [6, 6.07) is 12.1. The summed E-state index contributed by atoms with van der Waals surface area (Å²) in [6.45, 7) is 9.20. The first-order valence-corrected chi connectivity index (χ1v) is 11.4. The van der Waals surface area contributed by atoms with Crippen LogP contribution in [0.4, 0.5) is 0 Å². The summed E-state index contributed by atoms with van der Waals surface area (Å²) < 4.78 is 11.1. The quantitative estimate of drug-likeness (QED) is 0.509. The van der Waals surface area contributed by atoms with Crippen molar-refractivity contribution in [1.82, 2.24) is 25.1 Å². The molecule has 1 N–H and O–H groups in total. The van der Waals surface area contributed by atoms with Crippen LogP contribution in [0.3, 0.4) is 0 Å². The standard InChI is InChI=1S/C25H31N5O3/c1-20-4-2-3-5-22(20)17-30(11-10-29-12-14-32-15-13-29)18-24-28-23(19-33-24)25(31)27-16-21-6-8-26-9-7-21/h2-9,19H,10-18H2,1H3,(H,27,31). The van der Waals surface area contributed by atoms with E-state index < -0.39 is 0 Å². The first kappa shape index (κ1) is 23.1. The molecule has 174 valence electrons. The van der Waals surface area contributed by atoms with Crippen LogP contribution >= 0.6 is 0 Å². The zero-order chi connectivity index (χ0) is 22.9. The van der Waals surface area contributed by atoms with Gasteiger partial charge in [0.2, 0.25) is 5.89 Å². The van der Waals surface area contributed by atoms with Gasteiger partial charge in [0.1, 0.15) is 6.26 Å². The minimum atomic E-state index is -0.249. The maximum absolute atomic E-state index is 12.5. The number of aryl methyl sites for hydroxylation is 1. The Morgan fingerprint density at radius 1 is 1.12 bits per heavy atom. The summed E-state index contributed by atoms with van der Waals surface area (Å²) in [5.74, 6) is 0.292. The van der Waals surface area contributed by atoms with Crippen LogP contribution in [0.1, 0.15) is 33.1 Å². The fourth-order valence-corrected chi connectivity index (χ4v) is 3.80. The molecule has 0 atom stereocenters. The lowest BCUT2D eigenvalue weighted by Crippen LogP contribution is -2.41. The number of ether oxygens (including phenoxy) is 1. The molecule has 8 heteroatoms. The van der Waals surface area contributed by atoms with Crippen molar-refractivity contribution in [3.8, 4) is 0 Å². The van der Waals surface area contributed by atoms with Crippen LogP contribution in [0.5, 0.6) is 0 Å². The number of oxazole rings is 1. The molecular weight excluding hydrogens is 418 g/mol. The molecule has 0 bridgehead atoms. The molecule has 8 nitrogen and oxygen atoms in total. The molecule has 4 rings (SSSR count). The molecule has 2 aromatic heterocycles. The fraction of sp³-hybridized carbons (Fsp3) is 0.400. The minimum absolute atomic E-state index is 0.249. The maximum Gasteiger partial charge on any atom is 0.273 e. The summed E-state index contributed by atoms with van der Waals surface area (Å²) in [5.41, 5.74) is 3.82. The van der Waals surface area contributed by atoms with Gasteiger partial charge >= 0.3 is 0 Å². The number of carbonyl (C=O) groups is 1. The second-order valence-corrected chi connectivity index (χ2v) is 8.26. The van der Waals surface area contributed by atoms with Gasteiger partial charge in [-0.05, 0) is 35.7 Å². The number of hydrogen-bond acceptors (Lipinski definition) is 7. The maximum atomic E-state index is 12.5. The van der Waals surface area contributed by atoms with Crippen LogP contribution in [0.15, 0.2) is 59.5 Å². The van der Waals surface area contributed by atoms with Crippen molar-refractivity contribution in [2.75, 3.05) is 39.4 Å². The van der Waals surface area contributed by atoms with Crippen molar-refractivity contribution in [1.29, 1.82) is 0 Å². The Morgan fingerprint density at radius 2 is 1.91 bits per heavy atom. The van der Waals surface area contributed by atoms with Crippen LogP contribution in [-0.4, -0.2) is 65.1 Å². The molecular formula is C25H31N5O3. The van der Waals surface area contributed by atoms with Crippen molar-refractivity contribution in [2.45, 2.75) is 26.6 Å². The monoisotopic (exact) mass is 449 g/mol. The van der Waals surface area contributed by atoms with Gasteiger partial charge < -0.3 is 14.5 Å². The third kappa shape index (κ3) is 6.95. The predicted molar refractivity (Wildman–Crippen MR) is 124 cm³/mol. The zero-order valence-electron chi connectivity index (χ0n) is 19.1. The van der Waals surface area contributed by atoms with Crippen LogP contribution in [-0.2, 0) is 24.4 Å². The van der Waals surface area contributed by atoms with Crippen molar-refractivity contribution in [2.24, 2.45) is 0 Å². The Bertz CT molecular complexity index is 1020. The largest absolute Gasteiger partial charge is 0.447 e. The molecule has 1 saturated heterocycles. The average molecular weight is 450 g/mol. The smallest absolute Gasteiger partial charge is 0.273 e. The van der Waals surface area contributed by atoms with Gasteiger partial charge in [0.25, 0.3) is 5.91 Å². The first-order chi connectivity index (χ1) is 16.2. The summed E-state index contributed by atoms with van der Waals surface area (Å²) in [6.07, 6.45) is 4.84. The van der Waals surface area contributed by atoms with Crippen molar-refractivity contribution >= 4 is 5.91 Å². The van der Waals surface area contributed by atoms with Gasteiger partial charge in [0, 0.05) is 51.7 Å². The molecule has 1 fully saturated rings. The third-order valence-electron chi connectivity index (χ3n) is 5.84. The summed E-state index contributed by atoms with van der Waals surface area (Å²) in [7, 11) is 0. The Balaban J connectivity index is 1.37. The van der Waals surface area contributed by atoms with E-state index in [2.05, 4.69) is 56.3 Å². The summed E-state index contributed by atoms with van der Waals surface area (Å²) in [4.78, 5) is 25.7. The van der Waals surface area contributed by atoms with Gasteiger partial charge in [-0.3, -0.25) is 19.6 Å². The summed E-state index contributed by atoms with van der Waals surface area (Å²) >= 11 is 0. The lowest BCUT2D eigenvalue weighted by atomic mass is 10.1. The SMILES string of the molecule is Cc1ccccc1CN(CCN1CCOCC1)Cc1nc(C(=O)NCc2ccncc2)co1. The van der Waals surface area contributed by atoms with Crippen LogP contribution in [0, 0.1) is 6.92 Å². The number of rotatable bonds is 10. The molecule has 33 heavy (non-hydrogen) atoms. The van der Waals surface area contributed by atoms with Crippen molar-refractivity contribution in [3.63, 3.8) is 0 Å². The average Bonchev–Trinajstić information content (AvgIpc) is 3.32. The Morgan fingerprint density at radius 3 is 2.70 bits per heavy atom. The molecule has 3 heterocycles. The van der Waals surface area contributed by atoms with Crippen molar-refractivity contribution < 1.29 is 13.9 Å². The van der Waals surface area contributed by atoms with Gasteiger partial charge in [0.05, 0.1) is 19.8 Å². The normalized spacial score (nSPS) is 14.5. The van der Waals surface area contributed by atoms with E-state index in [4.69, 9.17) is 9.15 Å². The Labute approximate surface area is 194 Å². The molecule has 1 aromatic carbocycles. The third-order valence-corrected chi connectivity index (χ3v) is 5.84. The number of carbonyl (C=O) groups excluding carboxylic acids is 1. The molecule has 0 saturated carbocycles. The van der Waals surface area contributed by atoms with E-state index >= 15 is 0 Å². The van der Waals surface area contributed by atoms with Gasteiger partial charge in [-0.25, -0.2) is 4.98 Å². The van der Waals surface area contributed by atoms with E-state index in [-0.39, 0.29) is 5.91 Å². The lowest BCUT2D eigenvalue weighted by Gasteiger charge is -2.29. The molecule has 0 aliphatic carbocycles. The van der Waals surface area contributed by atoms with Crippen LogP contribution < -0.4 is 5.32 Å². The number of amides is 1. The van der Waals surface area contributed by atoms with E-state index in [1.54, 1.807) is 12.4 Å². The topological polar surface area (TPSA) is 83.7 Å². The molecule has 1 aliphatic rings. The van der Waals surface area contributed by atoms with Gasteiger partial charge in [-0.1, -0.05) is 24.3 Å². The Kier molecular flexibility index (Phi) is 8.19. The highest BCUT2D eigenvalue weighted by molar-refractivity contribution is 5.91. The number of benzene rings is 1. The molecule has 1 amide bonds. The highest BCUT2D eigenvalue weighted by Crippen LogP contribution is 2.14. The molecule has 1 aliphatic heterocycles. The number of pyridine rings is 1. The van der Waals surface area contributed by atoms with E-state index in [1.807, 2.05) is 12.1 Å². The lowest BCUT2D eigenvalue weighted by molar-refractivity contribution is 0.0320. The Hall–Kier alpha value is -3.07. The predicted octanol–water partition coefficient (Wildman–Crippen LogP) is 2.64. The highest BCUT2D eigenvalue weighted by Gasteiger charge is 2.18. The summed E-state index contributed by atoms with van der Waals surface area (Å²) in [5, 5.41) is 2.88. The van der Waals surface area contributed by atoms with Gasteiger partial charge in [0.15, 0.2) is 5.69 Å². The van der Waals surface area contributed by atoms with E-state index in [1.165, 1.54) is 17.4 Å². The first-order valence-electron chi connectivity index (χ1n) is 11.4. The van der Waals surface area contributed by atoms with E-state index in [9.17, 15) is 4.79 Å². The minimum Gasteiger partial charge on any atom is -0.447 e. The number of nitrogens with one attached hydrogen (secondary N) is 1. The second kappa shape index (κ2) is 11.7. The van der Waals surface area contributed by atoms with Crippen LogP contribution in [0.25, 0.3) is 0 Å². The molecule has 0 radical (unpaired) electrons. The highest BCUT2D eigenvalue weighted by atomic mass is 16.5. The van der Waals surface area contributed by atoms with E-state index in [0.717, 1.165) is 51.5 Å². The van der Waals surface area contributed by atoms with E-state index in [0.29, 0.717) is 24.7 Å². The van der Waals surface area contributed by atoms with Crippen LogP contribution in [0.2, 0.25) is 0 Å². The fourth-order valence-electron chi connectivity index (χ4n) is 3.80. The van der Waals surface area contributed by atoms with Gasteiger partial charge in [-0.15, -0.1) is 0 Å². The number of hydrogen-bond donors (Lipinski definition) is 1. The molecule has 3 aromatic rings. The number of aromatic nitrogens is 2. The van der Waals surface area contributed by atoms with Gasteiger partial charge in [-0.2, -0.15) is 0 Å². The number of morpholine rings is 1.